The number of rotatable bonds is 7. The molecule has 0 saturated carbocycles. The number of nitrogens with two attached hydrogens (primary N) is 1. The fourth-order valence-corrected chi connectivity index (χ4v) is 3.68. The van der Waals surface area contributed by atoms with Gasteiger partial charge in [-0.2, -0.15) is 5.10 Å². The Labute approximate surface area is 179 Å². The van der Waals surface area contributed by atoms with Gasteiger partial charge in [-0.05, 0) is 24.1 Å². The molecule has 0 unspecified atom stereocenters. The standard InChI is InChI=1S/C20H24N8O3/c1-12-15(9-16-23-11-24-25-16)18(19(21)29)26-27-20(12)28-7-5-13(6-8-28)31-14-3-4-17(30-2)22-10-14/h3-4,10-11,13H,5-9H2,1-2H3,(H2,21,29)(H,23,24,25). The van der Waals surface area contributed by atoms with E-state index in [1.165, 1.54) is 6.33 Å². The summed E-state index contributed by atoms with van der Waals surface area (Å²) >= 11 is 0. The van der Waals surface area contributed by atoms with Crippen molar-refractivity contribution in [2.24, 2.45) is 5.73 Å². The molecule has 11 heteroatoms. The number of aromatic amines is 1. The number of ether oxygens (including phenoxy) is 2. The van der Waals surface area contributed by atoms with Crippen LogP contribution in [0.2, 0.25) is 0 Å². The van der Waals surface area contributed by atoms with Crippen molar-refractivity contribution in [3.63, 3.8) is 0 Å². The van der Waals surface area contributed by atoms with Gasteiger partial charge >= 0.3 is 0 Å². The summed E-state index contributed by atoms with van der Waals surface area (Å²) in [5, 5.41) is 15.1. The Hall–Kier alpha value is -3.76. The highest BCUT2D eigenvalue weighted by Crippen LogP contribution is 2.27. The Morgan fingerprint density at radius 2 is 2.06 bits per heavy atom. The number of amides is 1. The highest BCUT2D eigenvalue weighted by Gasteiger charge is 2.26. The van der Waals surface area contributed by atoms with E-state index in [2.05, 4.69) is 35.3 Å². The smallest absolute Gasteiger partial charge is 0.269 e. The lowest BCUT2D eigenvalue weighted by Gasteiger charge is -2.33. The molecule has 0 aromatic carbocycles. The van der Waals surface area contributed by atoms with Crippen molar-refractivity contribution >= 4 is 11.7 Å². The van der Waals surface area contributed by atoms with Gasteiger partial charge in [0.05, 0.1) is 13.3 Å². The molecule has 0 bridgehead atoms. The molecule has 0 atom stereocenters. The predicted octanol–water partition coefficient (Wildman–Crippen LogP) is 1.04. The molecule has 0 spiro atoms. The van der Waals surface area contributed by atoms with Crippen LogP contribution in [0.5, 0.6) is 11.6 Å². The van der Waals surface area contributed by atoms with Crippen LogP contribution in [0.1, 0.15) is 40.3 Å². The topological polar surface area (TPSA) is 145 Å². The molecule has 31 heavy (non-hydrogen) atoms. The van der Waals surface area contributed by atoms with Crippen LogP contribution in [-0.4, -0.2) is 62.6 Å². The number of primary amides is 1. The number of carbonyl (C=O) groups excluding carboxylic acids is 1. The number of H-pyrrole nitrogens is 1. The van der Waals surface area contributed by atoms with E-state index >= 15 is 0 Å². The normalized spacial score (nSPS) is 14.5. The minimum absolute atomic E-state index is 0.0817. The Balaban J connectivity index is 1.46. The van der Waals surface area contributed by atoms with Crippen LogP contribution in [-0.2, 0) is 6.42 Å². The van der Waals surface area contributed by atoms with E-state index in [-0.39, 0.29) is 11.8 Å². The number of hydrogen-bond acceptors (Lipinski definition) is 9. The highest BCUT2D eigenvalue weighted by molar-refractivity contribution is 5.93. The summed E-state index contributed by atoms with van der Waals surface area (Å²) in [5.41, 5.74) is 7.24. The summed E-state index contributed by atoms with van der Waals surface area (Å²) < 4.78 is 11.1. The number of anilines is 1. The maximum Gasteiger partial charge on any atom is 0.269 e. The molecule has 4 rings (SSSR count). The van der Waals surface area contributed by atoms with Crippen LogP contribution < -0.4 is 20.1 Å². The Bertz CT molecular complexity index is 1030. The molecular formula is C20H24N8O3. The number of pyridine rings is 1. The summed E-state index contributed by atoms with van der Waals surface area (Å²) in [5.74, 6) is 2.03. The summed E-state index contributed by atoms with van der Waals surface area (Å²) in [6, 6.07) is 3.63. The zero-order valence-corrected chi connectivity index (χ0v) is 17.4. The number of aromatic nitrogens is 6. The van der Waals surface area contributed by atoms with Gasteiger partial charge in [-0.25, -0.2) is 9.97 Å². The first-order chi connectivity index (χ1) is 15.0. The molecular weight excluding hydrogens is 400 g/mol. The second-order valence-electron chi connectivity index (χ2n) is 7.29. The van der Waals surface area contributed by atoms with Gasteiger partial charge in [0.25, 0.3) is 5.91 Å². The third-order valence-electron chi connectivity index (χ3n) is 5.32. The van der Waals surface area contributed by atoms with Gasteiger partial charge in [-0.1, -0.05) is 0 Å². The first-order valence-corrected chi connectivity index (χ1v) is 9.97. The first kappa shape index (κ1) is 20.5. The molecule has 1 fully saturated rings. The maximum absolute atomic E-state index is 11.9. The molecule has 0 radical (unpaired) electrons. The lowest BCUT2D eigenvalue weighted by molar-refractivity contribution is 0.0993. The fourth-order valence-electron chi connectivity index (χ4n) is 3.68. The van der Waals surface area contributed by atoms with Crippen LogP contribution in [0.15, 0.2) is 24.7 Å². The summed E-state index contributed by atoms with van der Waals surface area (Å²) in [6.07, 6.45) is 5.19. The fraction of sp³-hybridized carbons (Fsp3) is 0.400. The van der Waals surface area contributed by atoms with E-state index in [4.69, 9.17) is 15.2 Å². The van der Waals surface area contributed by atoms with Gasteiger partial charge in [-0.3, -0.25) is 9.89 Å². The molecule has 4 heterocycles. The Morgan fingerprint density at radius 1 is 1.26 bits per heavy atom. The average molecular weight is 424 g/mol. The predicted molar refractivity (Wildman–Crippen MR) is 111 cm³/mol. The molecule has 1 aliphatic heterocycles. The van der Waals surface area contributed by atoms with E-state index in [0.29, 0.717) is 23.7 Å². The molecule has 3 aromatic heterocycles. The molecule has 3 N–H and O–H groups in total. The maximum atomic E-state index is 11.9. The second kappa shape index (κ2) is 8.94. The zero-order valence-electron chi connectivity index (χ0n) is 17.4. The van der Waals surface area contributed by atoms with Crippen molar-refractivity contribution in [3.05, 3.63) is 47.3 Å². The minimum Gasteiger partial charge on any atom is -0.489 e. The first-order valence-electron chi connectivity index (χ1n) is 9.97. The third kappa shape index (κ3) is 4.55. The van der Waals surface area contributed by atoms with Crippen LogP contribution in [0, 0.1) is 6.92 Å². The van der Waals surface area contributed by atoms with Crippen molar-refractivity contribution < 1.29 is 14.3 Å². The molecule has 1 saturated heterocycles. The number of nitrogens with one attached hydrogen (secondary N) is 1. The molecule has 162 valence electrons. The summed E-state index contributed by atoms with van der Waals surface area (Å²) in [6.45, 7) is 3.43. The molecule has 1 aliphatic rings. The van der Waals surface area contributed by atoms with Gasteiger partial charge < -0.3 is 20.1 Å². The van der Waals surface area contributed by atoms with Crippen molar-refractivity contribution in [2.45, 2.75) is 32.3 Å². The van der Waals surface area contributed by atoms with Crippen LogP contribution >= 0.6 is 0 Å². The van der Waals surface area contributed by atoms with Gasteiger partial charge in [0.1, 0.15) is 24.0 Å². The highest BCUT2D eigenvalue weighted by atomic mass is 16.5. The zero-order chi connectivity index (χ0) is 21.8. The molecule has 3 aromatic rings. The quantitative estimate of drug-likeness (QED) is 0.568. The summed E-state index contributed by atoms with van der Waals surface area (Å²) in [7, 11) is 1.58. The molecule has 11 nitrogen and oxygen atoms in total. The van der Waals surface area contributed by atoms with Crippen molar-refractivity contribution in [1.82, 2.24) is 30.4 Å². The molecule has 1 amide bonds. The number of piperidine rings is 1. The van der Waals surface area contributed by atoms with E-state index in [9.17, 15) is 4.79 Å². The lowest BCUT2D eigenvalue weighted by Crippen LogP contribution is -2.39. The lowest BCUT2D eigenvalue weighted by atomic mass is 10.0. The largest absolute Gasteiger partial charge is 0.489 e. The van der Waals surface area contributed by atoms with Crippen molar-refractivity contribution in [1.29, 1.82) is 0 Å². The number of hydrogen-bond donors (Lipinski definition) is 2. The number of nitrogens with zero attached hydrogens (tertiary/aromatic N) is 6. The van der Waals surface area contributed by atoms with Crippen molar-refractivity contribution in [2.75, 3.05) is 25.1 Å². The van der Waals surface area contributed by atoms with Crippen molar-refractivity contribution in [3.8, 4) is 11.6 Å². The van der Waals surface area contributed by atoms with Gasteiger partial charge in [-0.15, -0.1) is 10.2 Å². The number of carbonyl (C=O) groups is 1. The van der Waals surface area contributed by atoms with Crippen LogP contribution in [0.3, 0.4) is 0 Å². The monoisotopic (exact) mass is 424 g/mol. The molecule has 0 aliphatic carbocycles. The Kier molecular flexibility index (Phi) is 5.92. The second-order valence-corrected chi connectivity index (χ2v) is 7.29. The van der Waals surface area contributed by atoms with E-state index in [1.54, 1.807) is 19.4 Å². The summed E-state index contributed by atoms with van der Waals surface area (Å²) in [4.78, 5) is 22.4. The third-order valence-corrected chi connectivity index (χ3v) is 5.32. The van der Waals surface area contributed by atoms with E-state index in [0.717, 1.165) is 43.1 Å². The van der Waals surface area contributed by atoms with E-state index in [1.807, 2.05) is 13.0 Å². The Morgan fingerprint density at radius 3 is 2.68 bits per heavy atom. The van der Waals surface area contributed by atoms with Gasteiger partial charge in [0, 0.05) is 38.4 Å². The SMILES string of the molecule is COc1ccc(OC2CCN(c3nnc(C(N)=O)c(Cc4ncn[nH]4)c3C)CC2)cn1. The van der Waals surface area contributed by atoms with Gasteiger partial charge in [0.2, 0.25) is 5.88 Å². The van der Waals surface area contributed by atoms with E-state index < -0.39 is 5.91 Å². The minimum atomic E-state index is -0.614. The van der Waals surface area contributed by atoms with Crippen LogP contribution in [0.4, 0.5) is 5.82 Å². The average Bonchev–Trinajstić information content (AvgIpc) is 3.29. The van der Waals surface area contributed by atoms with Gasteiger partial charge in [0.15, 0.2) is 11.5 Å². The van der Waals surface area contributed by atoms with Crippen LogP contribution in [0.25, 0.3) is 0 Å². The number of methoxy groups -OCH3 is 1.